The van der Waals surface area contributed by atoms with Crippen molar-refractivity contribution in [3.05, 3.63) is 77.8 Å². The summed E-state index contributed by atoms with van der Waals surface area (Å²) in [6.45, 7) is 0. The summed E-state index contributed by atoms with van der Waals surface area (Å²) >= 11 is 6.48. The van der Waals surface area contributed by atoms with Gasteiger partial charge in [0.05, 0.1) is 5.02 Å². The number of halogens is 1. The standard InChI is InChI=1S/C20H14ClN/c21-17-10-5-11-18(22)20(17)19-15-8-3-1-6-13(15)12-14-7-2-4-9-16(14)19/h1-12H,22H2. The molecule has 0 spiro atoms. The molecule has 0 aromatic heterocycles. The van der Waals surface area contributed by atoms with E-state index in [0.717, 1.165) is 11.1 Å². The van der Waals surface area contributed by atoms with E-state index in [1.165, 1.54) is 21.5 Å². The molecule has 0 aliphatic carbocycles. The number of benzene rings is 4. The van der Waals surface area contributed by atoms with Crippen LogP contribution >= 0.6 is 11.6 Å². The molecule has 0 aliphatic rings. The predicted molar refractivity (Wildman–Crippen MR) is 96.3 cm³/mol. The molecule has 2 heteroatoms. The van der Waals surface area contributed by atoms with E-state index in [2.05, 4.69) is 42.5 Å². The number of anilines is 1. The summed E-state index contributed by atoms with van der Waals surface area (Å²) in [5.74, 6) is 0. The molecular weight excluding hydrogens is 290 g/mol. The zero-order valence-electron chi connectivity index (χ0n) is 11.9. The highest BCUT2D eigenvalue weighted by Crippen LogP contribution is 2.42. The lowest BCUT2D eigenvalue weighted by Crippen LogP contribution is -1.93. The molecule has 0 saturated heterocycles. The van der Waals surface area contributed by atoms with Gasteiger partial charge < -0.3 is 5.73 Å². The van der Waals surface area contributed by atoms with Gasteiger partial charge in [-0.05, 0) is 39.7 Å². The molecule has 0 radical (unpaired) electrons. The van der Waals surface area contributed by atoms with Gasteiger partial charge in [0.1, 0.15) is 0 Å². The molecule has 0 fully saturated rings. The van der Waals surface area contributed by atoms with Crippen molar-refractivity contribution in [1.29, 1.82) is 0 Å². The molecule has 22 heavy (non-hydrogen) atoms. The Balaban J connectivity index is 2.27. The van der Waals surface area contributed by atoms with Gasteiger partial charge in [-0.15, -0.1) is 0 Å². The van der Waals surface area contributed by atoms with Crippen LogP contribution in [0, 0.1) is 0 Å². The topological polar surface area (TPSA) is 26.0 Å². The highest BCUT2D eigenvalue weighted by Gasteiger charge is 2.14. The van der Waals surface area contributed by atoms with E-state index in [9.17, 15) is 0 Å². The van der Waals surface area contributed by atoms with E-state index in [4.69, 9.17) is 17.3 Å². The van der Waals surface area contributed by atoms with E-state index < -0.39 is 0 Å². The van der Waals surface area contributed by atoms with Crippen molar-refractivity contribution in [2.24, 2.45) is 0 Å². The summed E-state index contributed by atoms with van der Waals surface area (Å²) < 4.78 is 0. The summed E-state index contributed by atoms with van der Waals surface area (Å²) in [5, 5.41) is 5.40. The van der Waals surface area contributed by atoms with Crippen LogP contribution in [0.1, 0.15) is 0 Å². The van der Waals surface area contributed by atoms with Crippen molar-refractivity contribution in [2.45, 2.75) is 0 Å². The maximum atomic E-state index is 6.48. The van der Waals surface area contributed by atoms with Crippen LogP contribution in [-0.2, 0) is 0 Å². The van der Waals surface area contributed by atoms with Gasteiger partial charge in [0.2, 0.25) is 0 Å². The molecule has 0 saturated carbocycles. The third-order valence-corrected chi connectivity index (χ3v) is 4.38. The Bertz CT molecular complexity index is 931. The molecular formula is C20H14ClN. The lowest BCUT2D eigenvalue weighted by atomic mass is 9.91. The number of hydrogen-bond acceptors (Lipinski definition) is 1. The predicted octanol–water partition coefficient (Wildman–Crippen LogP) is 5.90. The van der Waals surface area contributed by atoms with Crippen molar-refractivity contribution in [3.8, 4) is 11.1 Å². The van der Waals surface area contributed by atoms with E-state index in [0.29, 0.717) is 10.7 Å². The minimum absolute atomic E-state index is 0.682. The smallest absolute Gasteiger partial charge is 0.0505 e. The van der Waals surface area contributed by atoms with Crippen LogP contribution in [0.5, 0.6) is 0 Å². The van der Waals surface area contributed by atoms with E-state index >= 15 is 0 Å². The monoisotopic (exact) mass is 303 g/mol. The van der Waals surface area contributed by atoms with Gasteiger partial charge in [0, 0.05) is 16.8 Å². The van der Waals surface area contributed by atoms with Crippen molar-refractivity contribution < 1.29 is 0 Å². The SMILES string of the molecule is Nc1cccc(Cl)c1-c1c2ccccc2cc2ccccc12. The molecule has 4 aromatic rings. The van der Waals surface area contributed by atoms with Crippen LogP contribution in [0.4, 0.5) is 5.69 Å². The number of nitrogens with two attached hydrogens (primary N) is 1. The molecule has 106 valence electrons. The van der Waals surface area contributed by atoms with E-state index in [1.54, 1.807) is 0 Å². The average molecular weight is 304 g/mol. The summed E-state index contributed by atoms with van der Waals surface area (Å²) in [4.78, 5) is 0. The Kier molecular flexibility index (Phi) is 3.02. The van der Waals surface area contributed by atoms with Crippen molar-refractivity contribution >= 4 is 38.8 Å². The zero-order chi connectivity index (χ0) is 15.1. The van der Waals surface area contributed by atoms with Crippen molar-refractivity contribution in [3.63, 3.8) is 0 Å². The first kappa shape index (κ1) is 13.2. The van der Waals surface area contributed by atoms with Crippen molar-refractivity contribution in [1.82, 2.24) is 0 Å². The van der Waals surface area contributed by atoms with Gasteiger partial charge in [-0.2, -0.15) is 0 Å². The molecule has 4 aromatic carbocycles. The molecule has 0 atom stereocenters. The Hall–Kier alpha value is -2.51. The zero-order valence-corrected chi connectivity index (χ0v) is 12.6. The van der Waals surface area contributed by atoms with Crippen LogP contribution in [0.15, 0.2) is 72.8 Å². The number of fused-ring (bicyclic) bond motifs is 2. The highest BCUT2D eigenvalue weighted by molar-refractivity contribution is 6.35. The summed E-state index contributed by atoms with van der Waals surface area (Å²) in [6, 6.07) is 24.6. The molecule has 1 nitrogen and oxygen atoms in total. The first-order chi connectivity index (χ1) is 10.8. The average Bonchev–Trinajstić information content (AvgIpc) is 2.54. The Labute approximate surface area is 133 Å². The van der Waals surface area contributed by atoms with E-state index in [-0.39, 0.29) is 0 Å². The number of hydrogen-bond donors (Lipinski definition) is 1. The largest absolute Gasteiger partial charge is 0.398 e. The maximum absolute atomic E-state index is 6.48. The third-order valence-electron chi connectivity index (χ3n) is 4.07. The number of nitrogen functional groups attached to an aromatic ring is 1. The highest BCUT2D eigenvalue weighted by atomic mass is 35.5. The quantitative estimate of drug-likeness (QED) is 0.344. The Morgan fingerprint density at radius 3 is 1.82 bits per heavy atom. The molecule has 0 bridgehead atoms. The van der Waals surface area contributed by atoms with Gasteiger partial charge >= 0.3 is 0 Å². The fourth-order valence-corrected chi connectivity index (χ4v) is 3.36. The molecule has 4 rings (SSSR count). The summed E-state index contributed by atoms with van der Waals surface area (Å²) in [6.07, 6.45) is 0. The fraction of sp³-hybridized carbons (Fsp3) is 0. The third kappa shape index (κ3) is 1.94. The van der Waals surface area contributed by atoms with Crippen molar-refractivity contribution in [2.75, 3.05) is 5.73 Å². The Morgan fingerprint density at radius 2 is 1.23 bits per heavy atom. The summed E-state index contributed by atoms with van der Waals surface area (Å²) in [7, 11) is 0. The lowest BCUT2D eigenvalue weighted by Gasteiger charge is -2.15. The first-order valence-electron chi connectivity index (χ1n) is 7.20. The normalized spacial score (nSPS) is 11.1. The second-order valence-corrected chi connectivity index (χ2v) is 5.81. The van der Waals surface area contributed by atoms with Gasteiger partial charge in [-0.25, -0.2) is 0 Å². The fourth-order valence-electron chi connectivity index (χ4n) is 3.09. The van der Waals surface area contributed by atoms with Gasteiger partial charge in [-0.3, -0.25) is 0 Å². The lowest BCUT2D eigenvalue weighted by molar-refractivity contribution is 1.65. The van der Waals surface area contributed by atoms with Gasteiger partial charge in [0.15, 0.2) is 0 Å². The molecule has 0 unspecified atom stereocenters. The summed E-state index contributed by atoms with van der Waals surface area (Å²) in [5.41, 5.74) is 8.98. The second kappa shape index (κ2) is 5.04. The van der Waals surface area contributed by atoms with Gasteiger partial charge in [0.25, 0.3) is 0 Å². The van der Waals surface area contributed by atoms with Crippen LogP contribution in [0.3, 0.4) is 0 Å². The van der Waals surface area contributed by atoms with Crippen LogP contribution in [-0.4, -0.2) is 0 Å². The number of rotatable bonds is 1. The minimum Gasteiger partial charge on any atom is -0.398 e. The molecule has 0 aliphatic heterocycles. The van der Waals surface area contributed by atoms with Gasteiger partial charge in [-0.1, -0.05) is 66.2 Å². The second-order valence-electron chi connectivity index (χ2n) is 5.40. The minimum atomic E-state index is 0.682. The van der Waals surface area contributed by atoms with Crippen LogP contribution < -0.4 is 5.73 Å². The maximum Gasteiger partial charge on any atom is 0.0505 e. The van der Waals surface area contributed by atoms with Crippen LogP contribution in [0.2, 0.25) is 5.02 Å². The Morgan fingerprint density at radius 1 is 0.636 bits per heavy atom. The van der Waals surface area contributed by atoms with Crippen LogP contribution in [0.25, 0.3) is 32.7 Å². The first-order valence-corrected chi connectivity index (χ1v) is 7.58. The van der Waals surface area contributed by atoms with E-state index in [1.807, 2.05) is 30.3 Å². The molecule has 2 N–H and O–H groups in total. The molecule has 0 amide bonds. The molecule has 0 heterocycles.